The van der Waals surface area contributed by atoms with Crippen molar-refractivity contribution in [1.82, 2.24) is 0 Å². The Morgan fingerprint density at radius 3 is 1.12 bits per heavy atom. The summed E-state index contributed by atoms with van der Waals surface area (Å²) in [6.07, 6.45) is 0. The smallest absolute Gasteiger partial charge is 0.109 e. The third kappa shape index (κ3) is 147. The number of rotatable bonds is 0. The second kappa shape index (κ2) is 6.57. The van der Waals surface area contributed by atoms with Crippen LogP contribution in [0.25, 0.3) is 0 Å². The molecule has 0 radical (unpaired) electrons. The van der Waals surface area contributed by atoms with E-state index in [1.165, 1.54) is 6.92 Å². The Morgan fingerprint density at radius 2 is 1.12 bits per heavy atom. The molecule has 0 aliphatic carbocycles. The first-order chi connectivity index (χ1) is 3.41. The molecule has 0 saturated carbocycles. The van der Waals surface area contributed by atoms with Crippen LogP contribution in [0, 0.1) is 0 Å². The maximum absolute atomic E-state index is 5.06. The van der Waals surface area contributed by atoms with Crippen LogP contribution < -0.4 is 0 Å². The topological polar surface area (TPSA) is 0 Å². The molecule has 0 heterocycles. The normalized spacial score (nSPS) is 9.75. The molecule has 0 rings (SSSR count). The lowest BCUT2D eigenvalue weighted by molar-refractivity contribution is 1.27. The summed E-state index contributed by atoms with van der Waals surface area (Å²) >= 11 is 24.7. The van der Waals surface area contributed by atoms with Gasteiger partial charge in [-0.2, -0.15) is 0 Å². The van der Waals surface area contributed by atoms with Crippen LogP contribution in [0.2, 0.25) is 0 Å². The molecule has 52 valence electrons. The van der Waals surface area contributed by atoms with E-state index in [1.807, 2.05) is 0 Å². The summed E-state index contributed by atoms with van der Waals surface area (Å²) in [6.45, 7) is 1.48. The van der Waals surface area contributed by atoms with Crippen LogP contribution in [-0.2, 0) is 0 Å². The molecule has 0 amide bonds. The Kier molecular flexibility index (Phi) is 9.98. The van der Waals surface area contributed by atoms with E-state index in [1.54, 1.807) is 0 Å². The lowest BCUT2D eigenvalue weighted by atomic mass is 10.9. The van der Waals surface area contributed by atoms with Gasteiger partial charge in [-0.15, -0.1) is 23.2 Å². The van der Waals surface area contributed by atoms with Crippen molar-refractivity contribution in [2.24, 2.45) is 0 Å². The molecule has 0 fully saturated rings. The first kappa shape index (κ1) is 12.2. The summed E-state index contributed by atoms with van der Waals surface area (Å²) in [5.41, 5.74) is 0. The minimum absolute atomic E-state index is 0.194. The number of halogens is 5. The zero-order valence-corrected chi connectivity index (χ0v) is 7.88. The van der Waals surface area contributed by atoms with Crippen LogP contribution in [0.3, 0.4) is 0 Å². The highest BCUT2D eigenvalue weighted by molar-refractivity contribution is 6.67. The van der Waals surface area contributed by atoms with E-state index in [2.05, 4.69) is 0 Å². The van der Waals surface area contributed by atoms with Crippen LogP contribution in [0.1, 0.15) is 6.92 Å². The van der Waals surface area contributed by atoms with Gasteiger partial charge in [0, 0.05) is 0 Å². The van der Waals surface area contributed by atoms with Crippen LogP contribution in [0.15, 0.2) is 0 Å². The van der Waals surface area contributed by atoms with E-state index in [4.69, 9.17) is 58.0 Å². The Labute approximate surface area is 74.0 Å². The van der Waals surface area contributed by atoms with E-state index in [9.17, 15) is 0 Å². The van der Waals surface area contributed by atoms with E-state index in [0.29, 0.717) is 0 Å². The SMILES string of the molecule is CC(Cl)(Cl)Cl.ClCCl. The van der Waals surface area contributed by atoms with Gasteiger partial charge in [-0.1, -0.05) is 34.8 Å². The Hall–Kier alpha value is 1.45. The molecular formula is C3H5Cl5. The number of hydrogen-bond donors (Lipinski definition) is 0. The fraction of sp³-hybridized carbons (Fsp3) is 1.00. The lowest BCUT2D eigenvalue weighted by Crippen LogP contribution is -1.87. The van der Waals surface area contributed by atoms with Gasteiger partial charge < -0.3 is 0 Å². The van der Waals surface area contributed by atoms with Crippen molar-refractivity contribution in [1.29, 1.82) is 0 Å². The third-order valence-corrected chi connectivity index (χ3v) is 0. The predicted octanol–water partition coefficient (Wildman–Crippen LogP) is 3.80. The highest BCUT2D eigenvalue weighted by atomic mass is 35.6. The molecule has 0 atom stereocenters. The fourth-order valence-electron chi connectivity index (χ4n) is 0. The molecule has 0 N–H and O–H groups in total. The van der Waals surface area contributed by atoms with Gasteiger partial charge >= 0.3 is 0 Å². The summed E-state index contributed by atoms with van der Waals surface area (Å²) in [4.78, 5) is 0. The summed E-state index contributed by atoms with van der Waals surface area (Å²) < 4.78 is -1.08. The molecule has 0 aromatic heterocycles. The summed E-state index contributed by atoms with van der Waals surface area (Å²) in [5.74, 6) is 0. The highest BCUT2D eigenvalue weighted by Crippen LogP contribution is 2.23. The van der Waals surface area contributed by atoms with Gasteiger partial charge in [0.15, 0.2) is 3.79 Å². The minimum Gasteiger partial charge on any atom is -0.109 e. The minimum atomic E-state index is -1.08. The molecule has 0 unspecified atom stereocenters. The zero-order chi connectivity index (χ0) is 7.21. The van der Waals surface area contributed by atoms with Gasteiger partial charge in [-0.05, 0) is 6.92 Å². The van der Waals surface area contributed by atoms with Crippen molar-refractivity contribution in [3.05, 3.63) is 0 Å². The molecule has 0 nitrogen and oxygen atoms in total. The van der Waals surface area contributed by atoms with Crippen molar-refractivity contribution < 1.29 is 0 Å². The monoisotopic (exact) mass is 216 g/mol. The van der Waals surface area contributed by atoms with Crippen molar-refractivity contribution in [3.8, 4) is 0 Å². The maximum atomic E-state index is 5.06. The predicted molar refractivity (Wildman–Crippen MR) is 42.5 cm³/mol. The van der Waals surface area contributed by atoms with E-state index < -0.39 is 3.79 Å². The van der Waals surface area contributed by atoms with Crippen LogP contribution in [0.4, 0.5) is 0 Å². The van der Waals surface area contributed by atoms with Crippen molar-refractivity contribution in [2.75, 3.05) is 5.34 Å². The second-order valence-electron chi connectivity index (χ2n) is 0.882. The lowest BCUT2D eigenvalue weighted by Gasteiger charge is -1.94. The van der Waals surface area contributed by atoms with E-state index in [0.717, 1.165) is 0 Å². The summed E-state index contributed by atoms with van der Waals surface area (Å²) in [7, 11) is 0. The van der Waals surface area contributed by atoms with Gasteiger partial charge in [0.05, 0.1) is 5.34 Å². The van der Waals surface area contributed by atoms with Crippen molar-refractivity contribution in [2.45, 2.75) is 10.7 Å². The largest absolute Gasteiger partial charge is 0.187 e. The molecule has 0 aliphatic heterocycles. The average Bonchev–Trinajstić information content (AvgIpc) is 1.27. The number of alkyl halides is 5. The van der Waals surface area contributed by atoms with Crippen LogP contribution in [-0.4, -0.2) is 9.13 Å². The maximum Gasteiger partial charge on any atom is 0.187 e. The molecule has 8 heavy (non-hydrogen) atoms. The second-order valence-corrected chi connectivity index (χ2v) is 4.54. The molecule has 0 saturated heterocycles. The van der Waals surface area contributed by atoms with Crippen molar-refractivity contribution in [3.63, 3.8) is 0 Å². The van der Waals surface area contributed by atoms with Gasteiger partial charge in [-0.25, -0.2) is 0 Å². The van der Waals surface area contributed by atoms with Gasteiger partial charge in [0.2, 0.25) is 0 Å². The van der Waals surface area contributed by atoms with Crippen LogP contribution >= 0.6 is 58.0 Å². The van der Waals surface area contributed by atoms with Gasteiger partial charge in [0.1, 0.15) is 0 Å². The summed E-state index contributed by atoms with van der Waals surface area (Å²) in [6, 6.07) is 0. The molecule has 0 spiro atoms. The van der Waals surface area contributed by atoms with E-state index >= 15 is 0 Å². The van der Waals surface area contributed by atoms with Gasteiger partial charge in [-0.3, -0.25) is 0 Å². The third-order valence-electron chi connectivity index (χ3n) is 0. The average molecular weight is 218 g/mol. The first-order valence-corrected chi connectivity index (χ1v) is 3.80. The molecule has 5 heteroatoms. The first-order valence-electron chi connectivity index (χ1n) is 1.60. The Morgan fingerprint density at radius 1 is 1.12 bits per heavy atom. The molecule has 0 aliphatic rings. The standard InChI is InChI=1S/C2H3Cl3.CH2Cl2/c1-2(3,4)5;2-1-3/h1H3;1H2. The van der Waals surface area contributed by atoms with E-state index in [-0.39, 0.29) is 5.34 Å². The molecule has 0 bridgehead atoms. The quantitative estimate of drug-likeness (QED) is 0.543. The molecule has 0 aromatic rings. The Balaban J connectivity index is 0. The molecular weight excluding hydrogens is 213 g/mol. The van der Waals surface area contributed by atoms with Gasteiger partial charge in [0.25, 0.3) is 0 Å². The number of hydrogen-bond acceptors (Lipinski definition) is 0. The Bertz CT molecular complexity index is 31.4. The molecule has 0 aromatic carbocycles. The summed E-state index contributed by atoms with van der Waals surface area (Å²) in [5, 5.41) is 0.194. The fourth-order valence-corrected chi connectivity index (χ4v) is 0. The van der Waals surface area contributed by atoms with Crippen LogP contribution in [0.5, 0.6) is 0 Å². The van der Waals surface area contributed by atoms with Crippen molar-refractivity contribution >= 4 is 58.0 Å². The highest BCUT2D eigenvalue weighted by Gasteiger charge is 2.07. The zero-order valence-electron chi connectivity index (χ0n) is 4.10.